The van der Waals surface area contributed by atoms with Crippen molar-refractivity contribution >= 4 is 0 Å². The zero-order valence-electron chi connectivity index (χ0n) is 10.9. The maximum Gasteiger partial charge on any atom is 0.138 e. The Balaban J connectivity index is 2.55. The molecule has 1 aromatic rings. The lowest BCUT2D eigenvalue weighted by Gasteiger charge is -2.17. The predicted octanol–water partition coefficient (Wildman–Crippen LogP) is 2.00. The number of hydrogen-bond donors (Lipinski definition) is 2. The maximum atomic E-state index is 9.67. The average molecular weight is 238 g/mol. The molecule has 0 amide bonds. The zero-order valence-corrected chi connectivity index (χ0v) is 10.9. The Hall–Kier alpha value is -1.13. The standard InChI is InChI=1S/C13H22N2O2/c1-4-5-11(9-17-3)14-8-12-13(16)7-6-10(2)15-12/h6-7,11,14,16H,4-5,8-9H2,1-3H3. The van der Waals surface area contributed by atoms with E-state index in [1.54, 1.807) is 19.2 Å². The van der Waals surface area contributed by atoms with Gasteiger partial charge in [-0.25, -0.2) is 0 Å². The second-order valence-corrected chi connectivity index (χ2v) is 4.24. The molecule has 2 N–H and O–H groups in total. The van der Waals surface area contributed by atoms with Crippen molar-refractivity contribution in [3.8, 4) is 5.75 Å². The molecule has 4 heteroatoms. The lowest BCUT2D eigenvalue weighted by atomic mass is 10.1. The number of aromatic hydroxyl groups is 1. The largest absolute Gasteiger partial charge is 0.506 e. The van der Waals surface area contributed by atoms with Crippen LogP contribution in [0.3, 0.4) is 0 Å². The normalized spacial score (nSPS) is 12.6. The molecule has 0 fully saturated rings. The summed E-state index contributed by atoms with van der Waals surface area (Å²) in [6.45, 7) is 5.32. The average Bonchev–Trinajstić information content (AvgIpc) is 2.30. The van der Waals surface area contributed by atoms with E-state index in [4.69, 9.17) is 4.74 Å². The highest BCUT2D eigenvalue weighted by Gasteiger charge is 2.09. The van der Waals surface area contributed by atoms with Gasteiger partial charge in [0, 0.05) is 25.4 Å². The Morgan fingerprint density at radius 2 is 2.24 bits per heavy atom. The molecule has 1 aromatic heterocycles. The van der Waals surface area contributed by atoms with E-state index in [1.807, 2.05) is 6.92 Å². The van der Waals surface area contributed by atoms with Gasteiger partial charge >= 0.3 is 0 Å². The molecule has 17 heavy (non-hydrogen) atoms. The van der Waals surface area contributed by atoms with Crippen LogP contribution in [0.5, 0.6) is 5.75 Å². The van der Waals surface area contributed by atoms with E-state index in [1.165, 1.54) is 0 Å². The van der Waals surface area contributed by atoms with Crippen LogP contribution in [0.4, 0.5) is 0 Å². The fraction of sp³-hybridized carbons (Fsp3) is 0.615. The van der Waals surface area contributed by atoms with Crippen LogP contribution in [-0.2, 0) is 11.3 Å². The third kappa shape index (κ3) is 4.71. The number of methoxy groups -OCH3 is 1. The SMILES string of the molecule is CCCC(COC)NCc1nc(C)ccc1O. The van der Waals surface area contributed by atoms with Gasteiger partial charge in [-0.2, -0.15) is 0 Å². The first-order valence-corrected chi connectivity index (χ1v) is 6.05. The second kappa shape index (κ2) is 7.25. The molecule has 1 unspecified atom stereocenters. The number of nitrogens with one attached hydrogen (secondary N) is 1. The monoisotopic (exact) mass is 238 g/mol. The van der Waals surface area contributed by atoms with Crippen LogP contribution in [0.25, 0.3) is 0 Å². The number of aryl methyl sites for hydroxylation is 1. The molecule has 0 aliphatic rings. The van der Waals surface area contributed by atoms with Crippen molar-refractivity contribution in [2.45, 2.75) is 39.3 Å². The summed E-state index contributed by atoms with van der Waals surface area (Å²) < 4.78 is 5.15. The van der Waals surface area contributed by atoms with E-state index >= 15 is 0 Å². The molecular formula is C13H22N2O2. The van der Waals surface area contributed by atoms with Crippen LogP contribution in [0.1, 0.15) is 31.2 Å². The lowest BCUT2D eigenvalue weighted by Crippen LogP contribution is -2.32. The van der Waals surface area contributed by atoms with E-state index in [2.05, 4.69) is 17.2 Å². The van der Waals surface area contributed by atoms with Gasteiger partial charge in [0.25, 0.3) is 0 Å². The molecule has 1 rings (SSSR count). The van der Waals surface area contributed by atoms with Crippen molar-refractivity contribution < 1.29 is 9.84 Å². The minimum atomic E-state index is 0.246. The van der Waals surface area contributed by atoms with E-state index < -0.39 is 0 Å². The van der Waals surface area contributed by atoms with Gasteiger partial charge in [0.05, 0.1) is 12.3 Å². The van der Waals surface area contributed by atoms with Crippen LogP contribution in [0.2, 0.25) is 0 Å². The summed E-state index contributed by atoms with van der Waals surface area (Å²) >= 11 is 0. The molecule has 96 valence electrons. The topological polar surface area (TPSA) is 54.4 Å². The molecule has 0 bridgehead atoms. The van der Waals surface area contributed by atoms with Crippen molar-refractivity contribution in [1.82, 2.24) is 10.3 Å². The van der Waals surface area contributed by atoms with Crippen molar-refractivity contribution in [3.63, 3.8) is 0 Å². The molecule has 0 aromatic carbocycles. The first-order chi connectivity index (χ1) is 8.17. The van der Waals surface area contributed by atoms with E-state index in [0.29, 0.717) is 24.9 Å². The first-order valence-electron chi connectivity index (χ1n) is 6.05. The highest BCUT2D eigenvalue weighted by atomic mass is 16.5. The molecule has 0 saturated heterocycles. The molecular weight excluding hydrogens is 216 g/mol. The summed E-state index contributed by atoms with van der Waals surface area (Å²) in [7, 11) is 1.70. The van der Waals surface area contributed by atoms with Crippen LogP contribution >= 0.6 is 0 Å². The summed E-state index contributed by atoms with van der Waals surface area (Å²) in [6.07, 6.45) is 2.16. The Bertz CT molecular complexity index is 336. The third-order valence-electron chi connectivity index (χ3n) is 2.65. The number of ether oxygens (including phenoxy) is 1. The third-order valence-corrected chi connectivity index (χ3v) is 2.65. The van der Waals surface area contributed by atoms with Gasteiger partial charge in [0.15, 0.2) is 0 Å². The minimum Gasteiger partial charge on any atom is -0.506 e. The Morgan fingerprint density at radius 3 is 2.88 bits per heavy atom. The van der Waals surface area contributed by atoms with Gasteiger partial charge in [-0.3, -0.25) is 4.98 Å². The highest BCUT2D eigenvalue weighted by Crippen LogP contribution is 2.14. The number of aromatic nitrogens is 1. The fourth-order valence-corrected chi connectivity index (χ4v) is 1.77. The molecule has 0 saturated carbocycles. The van der Waals surface area contributed by atoms with Crippen LogP contribution in [0, 0.1) is 6.92 Å². The quantitative estimate of drug-likeness (QED) is 0.763. The van der Waals surface area contributed by atoms with Gasteiger partial charge in [-0.1, -0.05) is 13.3 Å². The number of hydrogen-bond acceptors (Lipinski definition) is 4. The Labute approximate surface area is 103 Å². The number of rotatable bonds is 7. The van der Waals surface area contributed by atoms with Gasteiger partial charge in [0.2, 0.25) is 0 Å². The van der Waals surface area contributed by atoms with Gasteiger partial charge < -0.3 is 15.2 Å². The van der Waals surface area contributed by atoms with Gasteiger partial charge in [0.1, 0.15) is 5.75 Å². The maximum absolute atomic E-state index is 9.67. The summed E-state index contributed by atoms with van der Waals surface area (Å²) in [5, 5.41) is 13.0. The first kappa shape index (κ1) is 13.9. The fourth-order valence-electron chi connectivity index (χ4n) is 1.77. The molecule has 0 spiro atoms. The van der Waals surface area contributed by atoms with Crippen LogP contribution in [-0.4, -0.2) is 29.8 Å². The number of nitrogens with zero attached hydrogens (tertiary/aromatic N) is 1. The molecule has 1 heterocycles. The highest BCUT2D eigenvalue weighted by molar-refractivity contribution is 5.27. The molecule has 0 aliphatic heterocycles. The van der Waals surface area contributed by atoms with E-state index in [9.17, 15) is 5.11 Å². The smallest absolute Gasteiger partial charge is 0.138 e. The molecule has 4 nitrogen and oxygen atoms in total. The van der Waals surface area contributed by atoms with Crippen LogP contribution < -0.4 is 5.32 Å². The van der Waals surface area contributed by atoms with Crippen molar-refractivity contribution in [2.75, 3.05) is 13.7 Å². The predicted molar refractivity (Wildman–Crippen MR) is 68.1 cm³/mol. The van der Waals surface area contributed by atoms with Crippen molar-refractivity contribution in [3.05, 3.63) is 23.5 Å². The van der Waals surface area contributed by atoms with Crippen molar-refractivity contribution in [2.24, 2.45) is 0 Å². The lowest BCUT2D eigenvalue weighted by molar-refractivity contribution is 0.161. The van der Waals surface area contributed by atoms with Gasteiger partial charge in [-0.05, 0) is 25.5 Å². The summed E-state index contributed by atoms with van der Waals surface area (Å²) in [6, 6.07) is 3.80. The summed E-state index contributed by atoms with van der Waals surface area (Å²) in [5.41, 5.74) is 1.61. The number of pyridine rings is 1. The Morgan fingerprint density at radius 1 is 1.47 bits per heavy atom. The second-order valence-electron chi connectivity index (χ2n) is 4.24. The van der Waals surface area contributed by atoms with Crippen LogP contribution in [0.15, 0.2) is 12.1 Å². The molecule has 0 aliphatic carbocycles. The summed E-state index contributed by atoms with van der Waals surface area (Å²) in [4.78, 5) is 4.31. The Kier molecular flexibility index (Phi) is 5.94. The molecule has 0 radical (unpaired) electrons. The van der Waals surface area contributed by atoms with Gasteiger partial charge in [-0.15, -0.1) is 0 Å². The zero-order chi connectivity index (χ0) is 12.7. The molecule has 1 atom stereocenters. The van der Waals surface area contributed by atoms with Crippen molar-refractivity contribution in [1.29, 1.82) is 0 Å². The summed E-state index contributed by atoms with van der Waals surface area (Å²) in [5.74, 6) is 0.246. The minimum absolute atomic E-state index is 0.246. The van der Waals surface area contributed by atoms with E-state index in [-0.39, 0.29) is 5.75 Å². The van der Waals surface area contributed by atoms with E-state index in [0.717, 1.165) is 18.5 Å².